The zero-order valence-electron chi connectivity index (χ0n) is 12.4. The first-order chi connectivity index (χ1) is 9.13. The molecule has 3 rings (SSSR count). The summed E-state index contributed by atoms with van der Waals surface area (Å²) in [5.74, 6) is 1.15. The molecule has 104 valence electrons. The maximum atomic E-state index is 6.54. The molecule has 1 heterocycles. The van der Waals surface area contributed by atoms with Gasteiger partial charge in [0.2, 0.25) is 0 Å². The van der Waals surface area contributed by atoms with Crippen LogP contribution in [0.2, 0.25) is 0 Å². The largest absolute Gasteiger partial charge is 0.487 e. The molecule has 0 bridgehead atoms. The zero-order valence-corrected chi connectivity index (χ0v) is 12.4. The first-order valence-electron chi connectivity index (χ1n) is 7.61. The van der Waals surface area contributed by atoms with Crippen LogP contribution < -0.4 is 10.1 Å². The van der Waals surface area contributed by atoms with Crippen LogP contribution in [0.5, 0.6) is 5.75 Å². The second-order valence-corrected chi connectivity index (χ2v) is 6.39. The highest BCUT2D eigenvalue weighted by Crippen LogP contribution is 2.47. The van der Waals surface area contributed by atoms with Crippen molar-refractivity contribution < 1.29 is 4.74 Å². The number of nitrogens with one attached hydrogen (secondary N) is 1. The summed E-state index contributed by atoms with van der Waals surface area (Å²) in [5, 5.41) is 3.51. The maximum absolute atomic E-state index is 6.54. The van der Waals surface area contributed by atoms with Gasteiger partial charge in [-0.15, -0.1) is 0 Å². The van der Waals surface area contributed by atoms with E-state index in [4.69, 9.17) is 4.74 Å². The Morgan fingerprint density at radius 2 is 1.89 bits per heavy atom. The molecule has 19 heavy (non-hydrogen) atoms. The van der Waals surface area contributed by atoms with E-state index in [-0.39, 0.29) is 5.60 Å². The average Bonchev–Trinajstić information content (AvgIpc) is 2.40. The molecule has 1 unspecified atom stereocenters. The number of rotatable bonds is 1. The van der Waals surface area contributed by atoms with E-state index in [1.54, 1.807) is 0 Å². The highest BCUT2D eigenvalue weighted by atomic mass is 16.5. The first kappa shape index (κ1) is 13.0. The van der Waals surface area contributed by atoms with Crippen molar-refractivity contribution in [3.05, 3.63) is 28.8 Å². The number of hydrogen-bond acceptors (Lipinski definition) is 2. The molecule has 1 fully saturated rings. The highest BCUT2D eigenvalue weighted by molar-refractivity contribution is 5.47. The van der Waals surface area contributed by atoms with Crippen molar-refractivity contribution in [3.8, 4) is 5.75 Å². The topological polar surface area (TPSA) is 21.3 Å². The van der Waals surface area contributed by atoms with E-state index in [9.17, 15) is 0 Å². The summed E-state index contributed by atoms with van der Waals surface area (Å²) in [6.07, 6.45) is 7.57. The summed E-state index contributed by atoms with van der Waals surface area (Å²) in [6.45, 7) is 4.35. The number of aryl methyl sites for hydroxylation is 2. The summed E-state index contributed by atoms with van der Waals surface area (Å²) in [6, 6.07) is 4.98. The van der Waals surface area contributed by atoms with Gasteiger partial charge in [-0.3, -0.25) is 0 Å². The molecular formula is C17H25NO. The molecule has 1 spiro atoms. The molecule has 1 aromatic carbocycles. The van der Waals surface area contributed by atoms with Crippen LogP contribution in [0.3, 0.4) is 0 Å². The van der Waals surface area contributed by atoms with E-state index in [1.807, 2.05) is 0 Å². The minimum absolute atomic E-state index is 0.0962. The van der Waals surface area contributed by atoms with Crippen molar-refractivity contribution >= 4 is 0 Å². The van der Waals surface area contributed by atoms with E-state index >= 15 is 0 Å². The lowest BCUT2D eigenvalue weighted by molar-refractivity contribution is -0.00243. The van der Waals surface area contributed by atoms with Gasteiger partial charge in [-0.05, 0) is 52.1 Å². The van der Waals surface area contributed by atoms with Crippen LogP contribution in [0.25, 0.3) is 0 Å². The fourth-order valence-electron chi connectivity index (χ4n) is 3.89. The summed E-state index contributed by atoms with van der Waals surface area (Å²) in [4.78, 5) is 0. The van der Waals surface area contributed by atoms with Crippen molar-refractivity contribution in [2.45, 2.75) is 64.0 Å². The Labute approximate surface area is 116 Å². The molecule has 0 amide bonds. The molecule has 1 N–H and O–H groups in total. The van der Waals surface area contributed by atoms with E-state index in [0.717, 1.165) is 12.2 Å². The van der Waals surface area contributed by atoms with Crippen LogP contribution in [0.1, 0.15) is 61.3 Å². The highest BCUT2D eigenvalue weighted by Gasteiger charge is 2.41. The Balaban J connectivity index is 2.02. The first-order valence-corrected chi connectivity index (χ1v) is 7.61. The predicted octanol–water partition coefficient (Wildman–Crippen LogP) is 4.05. The number of ether oxygens (including phenoxy) is 1. The van der Waals surface area contributed by atoms with Crippen LogP contribution in [0.4, 0.5) is 0 Å². The molecule has 1 aromatic rings. The standard InChI is InChI=1S/C17H25NO/c1-12-9-13(2)16-14(10-12)15(18-3)11-17(19-16)7-5-4-6-8-17/h9-10,15,18H,4-8,11H2,1-3H3. The van der Waals surface area contributed by atoms with Gasteiger partial charge in [-0.25, -0.2) is 0 Å². The fraction of sp³-hybridized carbons (Fsp3) is 0.647. The maximum Gasteiger partial charge on any atom is 0.127 e. The van der Waals surface area contributed by atoms with Crippen molar-refractivity contribution in [2.75, 3.05) is 7.05 Å². The molecular weight excluding hydrogens is 234 g/mol. The lowest BCUT2D eigenvalue weighted by Gasteiger charge is -2.45. The molecule has 0 aromatic heterocycles. The van der Waals surface area contributed by atoms with Crippen molar-refractivity contribution in [1.82, 2.24) is 5.32 Å². The second kappa shape index (κ2) is 4.82. The van der Waals surface area contributed by atoms with Gasteiger partial charge in [0.25, 0.3) is 0 Å². The smallest absolute Gasteiger partial charge is 0.127 e. The Morgan fingerprint density at radius 3 is 2.58 bits per heavy atom. The van der Waals surface area contributed by atoms with Crippen LogP contribution in [0.15, 0.2) is 12.1 Å². The minimum atomic E-state index is 0.0962. The Kier molecular flexibility index (Phi) is 3.30. The van der Waals surface area contributed by atoms with Gasteiger partial charge in [0.15, 0.2) is 0 Å². The van der Waals surface area contributed by atoms with Gasteiger partial charge in [0.1, 0.15) is 11.4 Å². The van der Waals surface area contributed by atoms with Gasteiger partial charge in [-0.1, -0.05) is 24.1 Å². The van der Waals surface area contributed by atoms with Gasteiger partial charge in [0.05, 0.1) is 0 Å². The Morgan fingerprint density at radius 1 is 1.16 bits per heavy atom. The molecule has 2 heteroatoms. The molecule has 2 aliphatic rings. The number of fused-ring (bicyclic) bond motifs is 1. The predicted molar refractivity (Wildman–Crippen MR) is 78.8 cm³/mol. The molecule has 2 nitrogen and oxygen atoms in total. The zero-order chi connectivity index (χ0) is 13.5. The van der Waals surface area contributed by atoms with E-state index in [1.165, 1.54) is 48.8 Å². The number of benzene rings is 1. The molecule has 0 radical (unpaired) electrons. The van der Waals surface area contributed by atoms with Crippen LogP contribution >= 0.6 is 0 Å². The van der Waals surface area contributed by atoms with Crippen molar-refractivity contribution in [3.63, 3.8) is 0 Å². The Hall–Kier alpha value is -1.02. The molecule has 0 saturated heterocycles. The fourth-order valence-corrected chi connectivity index (χ4v) is 3.89. The van der Waals surface area contributed by atoms with Crippen LogP contribution in [-0.4, -0.2) is 12.6 Å². The van der Waals surface area contributed by atoms with Gasteiger partial charge >= 0.3 is 0 Å². The summed E-state index contributed by atoms with van der Waals surface area (Å²) in [5.41, 5.74) is 4.08. The monoisotopic (exact) mass is 259 g/mol. The van der Waals surface area contributed by atoms with E-state index in [2.05, 4.69) is 38.3 Å². The number of hydrogen-bond donors (Lipinski definition) is 1. The third kappa shape index (κ3) is 2.27. The summed E-state index contributed by atoms with van der Waals surface area (Å²) in [7, 11) is 2.08. The normalized spacial score (nSPS) is 24.9. The third-order valence-electron chi connectivity index (χ3n) is 4.83. The average molecular weight is 259 g/mol. The van der Waals surface area contributed by atoms with Crippen LogP contribution in [0, 0.1) is 13.8 Å². The summed E-state index contributed by atoms with van der Waals surface area (Å²) < 4.78 is 6.54. The second-order valence-electron chi connectivity index (χ2n) is 6.39. The van der Waals surface area contributed by atoms with E-state index in [0.29, 0.717) is 6.04 Å². The molecule has 1 aliphatic heterocycles. The Bertz CT molecular complexity index is 474. The minimum Gasteiger partial charge on any atom is -0.487 e. The van der Waals surface area contributed by atoms with Gasteiger partial charge < -0.3 is 10.1 Å². The van der Waals surface area contributed by atoms with Crippen molar-refractivity contribution in [1.29, 1.82) is 0 Å². The SMILES string of the molecule is CNC1CC2(CCCCC2)Oc2c(C)cc(C)cc21. The van der Waals surface area contributed by atoms with Gasteiger partial charge in [-0.2, -0.15) is 0 Å². The lowest BCUT2D eigenvalue weighted by Crippen LogP contribution is -2.45. The van der Waals surface area contributed by atoms with E-state index < -0.39 is 0 Å². The molecule has 1 atom stereocenters. The molecule has 1 saturated carbocycles. The van der Waals surface area contributed by atoms with Crippen LogP contribution in [-0.2, 0) is 0 Å². The molecule has 1 aliphatic carbocycles. The quantitative estimate of drug-likeness (QED) is 0.821. The third-order valence-corrected chi connectivity index (χ3v) is 4.83. The summed E-state index contributed by atoms with van der Waals surface area (Å²) >= 11 is 0. The van der Waals surface area contributed by atoms with Crippen molar-refractivity contribution in [2.24, 2.45) is 0 Å². The van der Waals surface area contributed by atoms with Gasteiger partial charge in [0, 0.05) is 18.0 Å². The lowest BCUT2D eigenvalue weighted by atomic mass is 9.76.